The highest BCUT2D eigenvalue weighted by atomic mass is 16.3. The SMILES string of the molecule is Cc1cccc(N(c2ccccc2)c2cc3c(c4ccccc24)c2c4ccccc4c(N(c4cccc(C)c4)c4cccc(-c5cccc(N(c6ccccc6)c6cc7c(c8ccccc68)c6c8ccccc8c(N(c8ccccc8)c8ccccc8)cc6n7-c6ccc7oc8ccccc8c7c6)c5)c4)cc2n3-c2ccc3oc4ccccc4c3c2)c1. The van der Waals surface area contributed by atoms with E-state index in [9.17, 15) is 0 Å². The maximum Gasteiger partial charge on any atom is 0.135 e. The third-order valence-electron chi connectivity index (χ3n) is 24.8. The van der Waals surface area contributed by atoms with Crippen LogP contribution >= 0.6 is 0 Å². The van der Waals surface area contributed by atoms with Crippen LogP contribution < -0.4 is 19.6 Å². The van der Waals surface area contributed by atoms with Gasteiger partial charge in [0.15, 0.2) is 0 Å². The Balaban J connectivity index is 0.722. The number of anilines is 12. The molecule has 0 saturated heterocycles. The van der Waals surface area contributed by atoms with E-state index >= 15 is 0 Å². The Bertz CT molecular complexity index is 8290. The van der Waals surface area contributed by atoms with Crippen molar-refractivity contribution in [3.63, 3.8) is 0 Å². The van der Waals surface area contributed by atoms with Gasteiger partial charge in [0.1, 0.15) is 22.3 Å². The number of aromatic nitrogens is 2. The van der Waals surface area contributed by atoms with E-state index in [1.807, 2.05) is 6.07 Å². The number of rotatable bonds is 15. The zero-order valence-electron chi connectivity index (χ0n) is 66.9. The lowest BCUT2D eigenvalue weighted by Crippen LogP contribution is -2.11. The van der Waals surface area contributed by atoms with Crippen molar-refractivity contribution >= 4 is 199 Å². The van der Waals surface area contributed by atoms with Gasteiger partial charge in [-0.3, -0.25) is 0 Å². The predicted octanol–water partition coefficient (Wildman–Crippen LogP) is 32.5. The summed E-state index contributed by atoms with van der Waals surface area (Å²) < 4.78 is 18.3. The number of hydrogen-bond acceptors (Lipinski definition) is 6. The Morgan fingerprint density at radius 2 is 0.426 bits per heavy atom. The Morgan fingerprint density at radius 1 is 0.180 bits per heavy atom. The van der Waals surface area contributed by atoms with Crippen molar-refractivity contribution in [2.45, 2.75) is 13.8 Å². The van der Waals surface area contributed by atoms with E-state index in [2.05, 4.69) is 461 Å². The lowest BCUT2D eigenvalue weighted by molar-refractivity contribution is 0.668. The van der Waals surface area contributed by atoms with Crippen LogP contribution in [0.1, 0.15) is 11.1 Å². The van der Waals surface area contributed by atoms with Gasteiger partial charge < -0.3 is 37.6 Å². The van der Waals surface area contributed by atoms with Gasteiger partial charge in [-0.05, 0) is 228 Å². The van der Waals surface area contributed by atoms with Crippen LogP contribution in [0.5, 0.6) is 0 Å². The summed E-state index contributed by atoms with van der Waals surface area (Å²) >= 11 is 0. The molecule has 0 aliphatic heterocycles. The van der Waals surface area contributed by atoms with E-state index in [0.717, 1.165) is 205 Å². The highest BCUT2D eigenvalue weighted by Gasteiger charge is 2.31. The lowest BCUT2D eigenvalue weighted by atomic mass is 9.96. The molecule has 8 heteroatoms. The molecule has 0 saturated carbocycles. The molecule has 24 aromatic rings. The molecule has 0 N–H and O–H groups in total. The molecule has 0 aliphatic carbocycles. The number of fused-ring (bicyclic) bond motifs is 20. The van der Waals surface area contributed by atoms with Gasteiger partial charge in [0.2, 0.25) is 0 Å². The predicted molar refractivity (Wildman–Crippen MR) is 513 cm³/mol. The second kappa shape index (κ2) is 28.3. The Morgan fingerprint density at radius 3 is 0.746 bits per heavy atom. The molecular weight excluding hydrogens is 1490 g/mol. The van der Waals surface area contributed by atoms with Crippen molar-refractivity contribution in [3.8, 4) is 22.5 Å². The van der Waals surface area contributed by atoms with Crippen molar-refractivity contribution in [3.05, 3.63) is 436 Å². The monoisotopic (exact) mass is 1560 g/mol. The quantitative estimate of drug-likeness (QED) is 0.102. The number of hydrogen-bond donors (Lipinski definition) is 0. The zero-order chi connectivity index (χ0) is 80.6. The smallest absolute Gasteiger partial charge is 0.135 e. The van der Waals surface area contributed by atoms with Crippen LogP contribution in [0.25, 0.3) is 153 Å². The molecule has 0 atom stereocenters. The van der Waals surface area contributed by atoms with Gasteiger partial charge in [0.05, 0.1) is 44.8 Å². The van der Waals surface area contributed by atoms with Gasteiger partial charge in [-0.2, -0.15) is 0 Å². The average molecular weight is 1560 g/mol. The summed E-state index contributed by atoms with van der Waals surface area (Å²) in [6.07, 6.45) is 0. The standard InChI is InChI=1S/C114H76N6O2/c1-73-31-27-43-81(63-73)116(79-39-11-5-12-40-79)100-70-104-112(94-54-20-16-48-88(94)100)114-96-56-22-18-50-90(96)102(72-106(114)120(104)86-60-62-110-98(68-86)92-52-24-26-58-108(92)122-110)118(82-44-28-32-74(2)64-82)84-46-30-34-76(66-84)75-33-29-45-83(65-75)117(80-41-13-6-14-42-80)101-71-105-113(95-55-21-17-49-89(95)101)111-93-53-19-15-47-87(93)99(115(77-35-7-3-8-36-77)78-37-9-4-10-38-78)69-103(111)119(105)85-59-61-109-97(67-85)91-51-23-25-57-107(91)121-109/h3-72H,1-2H3. The fraction of sp³-hybridized carbons (Fsp3) is 0.0175. The van der Waals surface area contributed by atoms with Gasteiger partial charge >= 0.3 is 0 Å². The van der Waals surface area contributed by atoms with Gasteiger partial charge in [-0.1, -0.05) is 255 Å². The number of aryl methyl sites for hydroxylation is 2. The molecule has 20 aromatic carbocycles. The fourth-order valence-electron chi connectivity index (χ4n) is 19.6. The molecule has 0 amide bonds. The largest absolute Gasteiger partial charge is 0.456 e. The number of benzene rings is 20. The van der Waals surface area contributed by atoms with Crippen LogP contribution in [0.2, 0.25) is 0 Å². The zero-order valence-corrected chi connectivity index (χ0v) is 66.9. The molecule has 0 unspecified atom stereocenters. The van der Waals surface area contributed by atoms with E-state index < -0.39 is 0 Å². The number of nitrogens with zero attached hydrogens (tertiary/aromatic N) is 6. The molecule has 0 aliphatic rings. The molecule has 0 fully saturated rings. The maximum atomic E-state index is 6.62. The van der Waals surface area contributed by atoms with E-state index in [0.29, 0.717) is 0 Å². The minimum atomic E-state index is 0.842. The highest BCUT2D eigenvalue weighted by molar-refractivity contribution is 6.34. The number of para-hydroxylation sites is 6. The molecule has 0 bridgehead atoms. The van der Waals surface area contributed by atoms with Crippen LogP contribution in [-0.4, -0.2) is 9.13 Å². The van der Waals surface area contributed by atoms with Gasteiger partial charge in [0, 0.05) is 122 Å². The molecule has 8 nitrogen and oxygen atoms in total. The van der Waals surface area contributed by atoms with Crippen molar-refractivity contribution in [1.82, 2.24) is 9.13 Å². The Labute approximate surface area is 703 Å². The third-order valence-corrected chi connectivity index (χ3v) is 24.8. The van der Waals surface area contributed by atoms with Crippen molar-refractivity contribution in [2.75, 3.05) is 19.6 Å². The minimum Gasteiger partial charge on any atom is -0.456 e. The van der Waals surface area contributed by atoms with E-state index in [1.54, 1.807) is 0 Å². The first-order chi connectivity index (χ1) is 60.3. The van der Waals surface area contributed by atoms with Crippen molar-refractivity contribution in [2.24, 2.45) is 0 Å². The summed E-state index contributed by atoms with van der Waals surface area (Å²) in [5, 5.41) is 18.1. The third kappa shape index (κ3) is 11.3. The maximum absolute atomic E-state index is 6.62. The van der Waals surface area contributed by atoms with Crippen LogP contribution in [0.4, 0.5) is 68.2 Å². The minimum absolute atomic E-state index is 0.842. The molecule has 0 radical (unpaired) electrons. The van der Waals surface area contributed by atoms with Gasteiger partial charge in [-0.15, -0.1) is 0 Å². The summed E-state index contributed by atoms with van der Waals surface area (Å²) in [5.74, 6) is 0. The van der Waals surface area contributed by atoms with E-state index in [1.165, 1.54) is 27.1 Å². The lowest BCUT2D eigenvalue weighted by Gasteiger charge is -2.29. The first-order valence-electron chi connectivity index (χ1n) is 41.8. The van der Waals surface area contributed by atoms with Gasteiger partial charge in [0.25, 0.3) is 0 Å². The first kappa shape index (κ1) is 70.1. The normalized spacial score (nSPS) is 11.9. The Hall–Kier alpha value is -16.2. The van der Waals surface area contributed by atoms with E-state index in [4.69, 9.17) is 8.83 Å². The second-order valence-electron chi connectivity index (χ2n) is 32.0. The van der Waals surface area contributed by atoms with Crippen LogP contribution in [0.15, 0.2) is 433 Å². The topological polar surface area (TPSA) is 49.1 Å². The summed E-state index contributed by atoms with van der Waals surface area (Å²) in [4.78, 5) is 9.81. The molecule has 4 aromatic heterocycles. The second-order valence-corrected chi connectivity index (χ2v) is 32.0. The highest BCUT2D eigenvalue weighted by Crippen LogP contribution is 2.55. The Kier molecular flexibility index (Phi) is 16.3. The first-order valence-corrected chi connectivity index (χ1v) is 41.8. The van der Waals surface area contributed by atoms with Crippen molar-refractivity contribution in [1.29, 1.82) is 0 Å². The molecule has 4 heterocycles. The average Bonchev–Trinajstić information content (AvgIpc) is 1.54. The van der Waals surface area contributed by atoms with Gasteiger partial charge in [-0.25, -0.2) is 0 Å². The van der Waals surface area contributed by atoms with Crippen LogP contribution in [0.3, 0.4) is 0 Å². The summed E-state index contributed by atoms with van der Waals surface area (Å²) in [6.45, 7) is 4.37. The van der Waals surface area contributed by atoms with E-state index in [-0.39, 0.29) is 0 Å². The summed E-state index contributed by atoms with van der Waals surface area (Å²) in [5.41, 5.74) is 26.8. The summed E-state index contributed by atoms with van der Waals surface area (Å²) in [7, 11) is 0. The van der Waals surface area contributed by atoms with Crippen LogP contribution in [-0.2, 0) is 0 Å². The molecular formula is C114H76N6O2. The molecule has 122 heavy (non-hydrogen) atoms. The molecule has 0 spiro atoms. The number of furan rings is 2. The van der Waals surface area contributed by atoms with Crippen LogP contribution in [0, 0.1) is 13.8 Å². The summed E-state index contributed by atoms with van der Waals surface area (Å²) in [6, 6.07) is 156. The van der Waals surface area contributed by atoms with Crippen molar-refractivity contribution < 1.29 is 8.83 Å². The molecule has 24 rings (SSSR count). The fourth-order valence-corrected chi connectivity index (χ4v) is 19.6. The molecule has 574 valence electrons.